The lowest BCUT2D eigenvalue weighted by Gasteiger charge is -1.96. The summed E-state index contributed by atoms with van der Waals surface area (Å²) < 4.78 is 0. The maximum Gasteiger partial charge on any atom is 0.100 e. The van der Waals surface area contributed by atoms with E-state index in [-0.39, 0.29) is 13.2 Å². The summed E-state index contributed by atoms with van der Waals surface area (Å²) in [5, 5.41) is 24.0. The van der Waals surface area contributed by atoms with Crippen molar-refractivity contribution in [2.45, 2.75) is 20.0 Å². The molecule has 0 fully saturated rings. The van der Waals surface area contributed by atoms with Gasteiger partial charge < -0.3 is 15.3 Å². The van der Waals surface area contributed by atoms with Gasteiger partial charge in [0.15, 0.2) is 0 Å². The van der Waals surface area contributed by atoms with Gasteiger partial charge in [0.25, 0.3) is 0 Å². The fourth-order valence-corrected chi connectivity index (χ4v) is 0.0577. The maximum atomic E-state index is 8.17. The molecule has 0 aliphatic carbocycles. The van der Waals surface area contributed by atoms with Crippen LogP contribution in [0, 0.1) is 0 Å². The number of rotatable bonds is 2. The lowest BCUT2D eigenvalue weighted by molar-refractivity contribution is 0.0450. The average Bonchev–Trinajstić information content (AvgIpc) is 2.03. The molecule has 0 bridgehead atoms. The van der Waals surface area contributed by atoms with Gasteiger partial charge in [-0.3, -0.25) is 0 Å². The summed E-state index contributed by atoms with van der Waals surface area (Å²) in [5.41, 5.74) is 0. The first-order valence-electron chi connectivity index (χ1n) is 3.20. The van der Waals surface area contributed by atoms with Crippen molar-refractivity contribution >= 4 is 0 Å². The number of aliphatic hydroxyl groups is 3. The van der Waals surface area contributed by atoms with Crippen LogP contribution in [0.25, 0.3) is 0 Å². The Bertz CT molecular complexity index is 63.3. The first-order chi connectivity index (χ1) is 4.72. The van der Waals surface area contributed by atoms with Crippen LogP contribution in [0.15, 0.2) is 12.2 Å². The lowest BCUT2D eigenvalue weighted by Crippen LogP contribution is -2.15. The van der Waals surface area contributed by atoms with E-state index < -0.39 is 6.10 Å². The smallest absolute Gasteiger partial charge is 0.100 e. The minimum atomic E-state index is -0.954. The van der Waals surface area contributed by atoms with E-state index in [1.165, 1.54) is 0 Å². The predicted octanol–water partition coefficient (Wildman–Crippen LogP) is -0.0857. The number of aliphatic hydroxyl groups excluding tert-OH is 3. The van der Waals surface area contributed by atoms with E-state index in [0.29, 0.717) is 0 Å². The van der Waals surface area contributed by atoms with Gasteiger partial charge in [-0.1, -0.05) is 12.2 Å². The summed E-state index contributed by atoms with van der Waals surface area (Å²) in [6, 6.07) is 0. The molecule has 0 spiro atoms. The number of hydrogen-bond acceptors (Lipinski definition) is 3. The summed E-state index contributed by atoms with van der Waals surface area (Å²) in [7, 11) is 0. The Morgan fingerprint density at radius 3 is 1.40 bits per heavy atom. The molecule has 3 heteroatoms. The zero-order valence-corrected chi connectivity index (χ0v) is 6.49. The van der Waals surface area contributed by atoms with Crippen LogP contribution in [0.2, 0.25) is 0 Å². The van der Waals surface area contributed by atoms with E-state index in [9.17, 15) is 0 Å². The Labute approximate surface area is 61.6 Å². The second kappa shape index (κ2) is 11.4. The van der Waals surface area contributed by atoms with Crippen molar-refractivity contribution in [3.05, 3.63) is 12.2 Å². The van der Waals surface area contributed by atoms with Crippen LogP contribution >= 0.6 is 0 Å². The molecule has 0 rings (SSSR count). The molecule has 0 aromatic carbocycles. The van der Waals surface area contributed by atoms with Crippen molar-refractivity contribution in [3.63, 3.8) is 0 Å². The Morgan fingerprint density at radius 1 is 1.10 bits per heavy atom. The summed E-state index contributed by atoms with van der Waals surface area (Å²) in [6.07, 6.45) is 3.05. The molecular formula is C7H16O3. The van der Waals surface area contributed by atoms with Gasteiger partial charge in [0.2, 0.25) is 0 Å². The Balaban J connectivity index is 0. The van der Waals surface area contributed by atoms with Crippen LogP contribution in [0.1, 0.15) is 13.8 Å². The van der Waals surface area contributed by atoms with Gasteiger partial charge in [0.05, 0.1) is 13.2 Å². The highest BCUT2D eigenvalue weighted by molar-refractivity contribution is 4.68. The van der Waals surface area contributed by atoms with E-state index in [4.69, 9.17) is 15.3 Å². The molecule has 0 unspecified atom stereocenters. The van der Waals surface area contributed by atoms with Crippen molar-refractivity contribution in [1.29, 1.82) is 0 Å². The van der Waals surface area contributed by atoms with Crippen molar-refractivity contribution < 1.29 is 15.3 Å². The summed E-state index contributed by atoms with van der Waals surface area (Å²) in [5.74, 6) is 0. The van der Waals surface area contributed by atoms with Crippen molar-refractivity contribution in [2.75, 3.05) is 13.2 Å². The second-order valence-corrected chi connectivity index (χ2v) is 1.69. The fraction of sp³-hybridized carbons (Fsp3) is 0.714. The molecule has 0 amide bonds. The zero-order chi connectivity index (χ0) is 8.41. The van der Waals surface area contributed by atoms with Crippen LogP contribution in [0.4, 0.5) is 0 Å². The first-order valence-corrected chi connectivity index (χ1v) is 3.20. The molecule has 3 nitrogen and oxygen atoms in total. The van der Waals surface area contributed by atoms with Gasteiger partial charge in [-0.05, 0) is 13.8 Å². The van der Waals surface area contributed by atoms with Crippen molar-refractivity contribution in [3.8, 4) is 0 Å². The molecule has 0 aromatic rings. The predicted molar refractivity (Wildman–Crippen MR) is 40.7 cm³/mol. The zero-order valence-electron chi connectivity index (χ0n) is 6.49. The summed E-state index contributed by atoms with van der Waals surface area (Å²) in [6.45, 7) is 3.27. The highest BCUT2D eigenvalue weighted by Gasteiger charge is 1.93. The Hall–Kier alpha value is -0.380. The standard InChI is InChI=1S/C4H8.C3H8O3/c1-3-4-2;4-1-3(6)2-5/h3-4H,1-2H3;3-6H,1-2H2. The molecule has 0 aliphatic rings. The molecule has 0 heterocycles. The van der Waals surface area contributed by atoms with Gasteiger partial charge in [-0.25, -0.2) is 0 Å². The molecule has 62 valence electrons. The highest BCUT2D eigenvalue weighted by Crippen LogP contribution is 1.71. The van der Waals surface area contributed by atoms with E-state index in [2.05, 4.69) is 0 Å². The molecule has 0 saturated carbocycles. The topological polar surface area (TPSA) is 60.7 Å². The van der Waals surface area contributed by atoms with Crippen LogP contribution in [0.5, 0.6) is 0 Å². The van der Waals surface area contributed by atoms with Gasteiger partial charge in [-0.15, -0.1) is 0 Å². The van der Waals surface area contributed by atoms with Gasteiger partial charge in [0, 0.05) is 0 Å². The van der Waals surface area contributed by atoms with Crippen molar-refractivity contribution in [2.24, 2.45) is 0 Å². The number of allylic oxidation sites excluding steroid dienone is 2. The van der Waals surface area contributed by atoms with E-state index in [1.807, 2.05) is 26.0 Å². The maximum absolute atomic E-state index is 8.17. The summed E-state index contributed by atoms with van der Waals surface area (Å²) >= 11 is 0. The monoisotopic (exact) mass is 148 g/mol. The second-order valence-electron chi connectivity index (χ2n) is 1.69. The summed E-state index contributed by atoms with van der Waals surface area (Å²) in [4.78, 5) is 0. The van der Waals surface area contributed by atoms with E-state index in [0.717, 1.165) is 0 Å². The molecule has 0 saturated heterocycles. The minimum absolute atomic E-state index is 0.365. The largest absolute Gasteiger partial charge is 0.394 e. The van der Waals surface area contributed by atoms with E-state index in [1.54, 1.807) is 0 Å². The average molecular weight is 148 g/mol. The van der Waals surface area contributed by atoms with Gasteiger partial charge in [-0.2, -0.15) is 0 Å². The highest BCUT2D eigenvalue weighted by atomic mass is 16.3. The first kappa shape index (κ1) is 12.3. The molecule has 0 atom stereocenters. The Kier molecular flexibility index (Phi) is 14.1. The molecule has 10 heavy (non-hydrogen) atoms. The minimum Gasteiger partial charge on any atom is -0.394 e. The number of hydrogen-bond donors (Lipinski definition) is 3. The molecule has 0 aliphatic heterocycles. The molecule has 3 N–H and O–H groups in total. The molecule has 0 radical (unpaired) electrons. The van der Waals surface area contributed by atoms with Gasteiger partial charge in [0.1, 0.15) is 6.10 Å². The van der Waals surface area contributed by atoms with Gasteiger partial charge >= 0.3 is 0 Å². The van der Waals surface area contributed by atoms with E-state index >= 15 is 0 Å². The molecule has 0 aromatic heterocycles. The van der Waals surface area contributed by atoms with Crippen LogP contribution < -0.4 is 0 Å². The van der Waals surface area contributed by atoms with Crippen LogP contribution in [-0.2, 0) is 0 Å². The van der Waals surface area contributed by atoms with Crippen LogP contribution in [-0.4, -0.2) is 34.6 Å². The van der Waals surface area contributed by atoms with Crippen molar-refractivity contribution in [1.82, 2.24) is 0 Å². The fourth-order valence-electron chi connectivity index (χ4n) is 0.0577. The SMILES string of the molecule is CC=CC.OCC(O)CO. The molecular weight excluding hydrogens is 132 g/mol. The van der Waals surface area contributed by atoms with Crippen LogP contribution in [0.3, 0.4) is 0 Å². The lowest BCUT2D eigenvalue weighted by atomic mass is 10.4. The third-order valence-electron chi connectivity index (χ3n) is 0.755. The normalized spacial score (nSPS) is 9.80. The Morgan fingerprint density at radius 2 is 1.40 bits per heavy atom. The quantitative estimate of drug-likeness (QED) is 0.480. The third-order valence-corrected chi connectivity index (χ3v) is 0.755. The third kappa shape index (κ3) is 15.6.